The molecule has 152 valence electrons. The number of carbonyl (C=O) groups excluding carboxylic acids is 3. The zero-order valence-electron chi connectivity index (χ0n) is 16.7. The first-order chi connectivity index (χ1) is 13.5. The second-order valence-electron chi connectivity index (χ2n) is 7.76. The van der Waals surface area contributed by atoms with Crippen LogP contribution in [0.3, 0.4) is 0 Å². The molecule has 1 saturated carbocycles. The average Bonchev–Trinajstić information content (AvgIpc) is 3.52. The Hall–Kier alpha value is -2.57. The molecule has 3 N–H and O–H groups in total. The summed E-state index contributed by atoms with van der Waals surface area (Å²) >= 11 is 0. The Kier molecular flexibility index (Phi) is 6.54. The van der Waals surface area contributed by atoms with Crippen LogP contribution in [0.1, 0.15) is 57.6 Å². The van der Waals surface area contributed by atoms with Crippen molar-refractivity contribution in [3.63, 3.8) is 0 Å². The van der Waals surface area contributed by atoms with Gasteiger partial charge in [-0.2, -0.15) is 0 Å². The minimum Gasteiger partial charge on any atom is -0.353 e. The van der Waals surface area contributed by atoms with Crippen LogP contribution in [0.15, 0.2) is 24.3 Å². The Balaban J connectivity index is 1.51. The molecular weight excluding hydrogens is 356 g/mol. The van der Waals surface area contributed by atoms with Gasteiger partial charge in [-0.3, -0.25) is 9.59 Å². The summed E-state index contributed by atoms with van der Waals surface area (Å²) in [5.41, 5.74) is 1.71. The summed E-state index contributed by atoms with van der Waals surface area (Å²) in [6.45, 7) is 4.88. The van der Waals surface area contributed by atoms with E-state index >= 15 is 0 Å². The molecule has 1 aliphatic carbocycles. The fourth-order valence-electron chi connectivity index (χ4n) is 3.39. The van der Waals surface area contributed by atoms with E-state index in [4.69, 9.17) is 0 Å². The van der Waals surface area contributed by atoms with Gasteiger partial charge in [-0.15, -0.1) is 0 Å². The molecule has 2 aliphatic rings. The summed E-state index contributed by atoms with van der Waals surface area (Å²) in [6, 6.07) is 7.53. The smallest absolute Gasteiger partial charge is 0.317 e. The maximum Gasteiger partial charge on any atom is 0.317 e. The van der Waals surface area contributed by atoms with E-state index < -0.39 is 0 Å². The van der Waals surface area contributed by atoms with Crippen LogP contribution < -0.4 is 16.0 Å². The van der Waals surface area contributed by atoms with E-state index in [-0.39, 0.29) is 29.8 Å². The number of hydrogen-bond donors (Lipinski definition) is 3. The van der Waals surface area contributed by atoms with E-state index in [0.29, 0.717) is 25.6 Å². The molecule has 0 spiro atoms. The summed E-state index contributed by atoms with van der Waals surface area (Å²) in [5, 5.41) is 8.87. The lowest BCUT2D eigenvalue weighted by Gasteiger charge is -2.33. The number of urea groups is 1. The van der Waals surface area contributed by atoms with E-state index in [1.54, 1.807) is 4.90 Å². The SMILES string of the molecule is CCC(=O)Nc1ccc(C(C)NC(=O)N2CCCC(C(=O)NC3CC3)C2)cc1. The first-order valence-electron chi connectivity index (χ1n) is 10.2. The summed E-state index contributed by atoms with van der Waals surface area (Å²) in [4.78, 5) is 38.2. The molecule has 2 atom stereocenters. The zero-order valence-corrected chi connectivity index (χ0v) is 16.7. The largest absolute Gasteiger partial charge is 0.353 e. The lowest BCUT2D eigenvalue weighted by atomic mass is 9.97. The van der Waals surface area contributed by atoms with Gasteiger partial charge in [0.1, 0.15) is 0 Å². The lowest BCUT2D eigenvalue weighted by molar-refractivity contribution is -0.126. The van der Waals surface area contributed by atoms with Crippen LogP contribution >= 0.6 is 0 Å². The summed E-state index contributed by atoms with van der Waals surface area (Å²) in [6.07, 6.45) is 4.26. The Morgan fingerprint density at radius 1 is 1.14 bits per heavy atom. The van der Waals surface area contributed by atoms with Gasteiger partial charge in [0.2, 0.25) is 11.8 Å². The van der Waals surface area contributed by atoms with Gasteiger partial charge in [-0.25, -0.2) is 4.79 Å². The van der Waals surface area contributed by atoms with Gasteiger partial charge in [-0.05, 0) is 50.3 Å². The Bertz CT molecular complexity index is 715. The Labute approximate surface area is 166 Å². The predicted octanol–water partition coefficient (Wildman–Crippen LogP) is 2.80. The second-order valence-corrected chi connectivity index (χ2v) is 7.76. The zero-order chi connectivity index (χ0) is 20.1. The lowest BCUT2D eigenvalue weighted by Crippen LogP contribution is -2.49. The number of amides is 4. The summed E-state index contributed by atoms with van der Waals surface area (Å²) in [7, 11) is 0. The van der Waals surface area contributed by atoms with Gasteiger partial charge in [0, 0.05) is 31.2 Å². The van der Waals surface area contributed by atoms with Crippen LogP contribution in [0, 0.1) is 5.92 Å². The monoisotopic (exact) mass is 386 g/mol. The van der Waals surface area contributed by atoms with Gasteiger partial charge in [0.25, 0.3) is 0 Å². The fourth-order valence-corrected chi connectivity index (χ4v) is 3.39. The fraction of sp³-hybridized carbons (Fsp3) is 0.571. The minimum absolute atomic E-state index is 0.0283. The molecule has 4 amide bonds. The van der Waals surface area contributed by atoms with Crippen molar-refractivity contribution < 1.29 is 14.4 Å². The van der Waals surface area contributed by atoms with Gasteiger partial charge < -0.3 is 20.9 Å². The summed E-state index contributed by atoms with van der Waals surface area (Å²) < 4.78 is 0. The molecule has 1 aliphatic heterocycles. The third-order valence-corrected chi connectivity index (χ3v) is 5.36. The van der Waals surface area contributed by atoms with Gasteiger partial charge in [0.15, 0.2) is 0 Å². The molecule has 1 aromatic rings. The van der Waals surface area contributed by atoms with Crippen molar-refractivity contribution in [1.82, 2.24) is 15.5 Å². The van der Waals surface area contributed by atoms with Crippen molar-refractivity contribution in [2.24, 2.45) is 5.92 Å². The number of carbonyl (C=O) groups is 3. The highest BCUT2D eigenvalue weighted by molar-refractivity contribution is 5.90. The van der Waals surface area contributed by atoms with E-state index in [1.807, 2.05) is 38.1 Å². The number of nitrogens with one attached hydrogen (secondary N) is 3. The molecule has 0 radical (unpaired) electrons. The van der Waals surface area contributed by atoms with Crippen LogP contribution in [0.5, 0.6) is 0 Å². The highest BCUT2D eigenvalue weighted by Crippen LogP contribution is 2.23. The Morgan fingerprint density at radius 3 is 2.50 bits per heavy atom. The average molecular weight is 386 g/mol. The van der Waals surface area contributed by atoms with Crippen molar-refractivity contribution >= 4 is 23.5 Å². The molecule has 2 unspecified atom stereocenters. The molecule has 0 aromatic heterocycles. The molecule has 28 heavy (non-hydrogen) atoms. The van der Waals surface area contributed by atoms with E-state index in [9.17, 15) is 14.4 Å². The third kappa shape index (κ3) is 5.47. The van der Waals surface area contributed by atoms with Crippen molar-refractivity contribution in [2.45, 2.75) is 58.0 Å². The number of piperidine rings is 1. The second kappa shape index (κ2) is 9.08. The molecule has 3 rings (SSSR count). The van der Waals surface area contributed by atoms with Crippen LogP contribution in [0.4, 0.5) is 10.5 Å². The van der Waals surface area contributed by atoms with Gasteiger partial charge in [0.05, 0.1) is 12.0 Å². The number of anilines is 1. The highest BCUT2D eigenvalue weighted by Gasteiger charge is 2.32. The van der Waals surface area contributed by atoms with Crippen LogP contribution in [0.2, 0.25) is 0 Å². The van der Waals surface area contributed by atoms with Crippen LogP contribution in [-0.4, -0.2) is 41.9 Å². The predicted molar refractivity (Wildman–Crippen MR) is 108 cm³/mol. The third-order valence-electron chi connectivity index (χ3n) is 5.36. The van der Waals surface area contributed by atoms with Crippen LogP contribution in [0.25, 0.3) is 0 Å². The van der Waals surface area contributed by atoms with Crippen molar-refractivity contribution in [1.29, 1.82) is 0 Å². The minimum atomic E-state index is -0.163. The molecule has 1 heterocycles. The molecule has 7 nitrogen and oxygen atoms in total. The maximum atomic E-state index is 12.7. The van der Waals surface area contributed by atoms with Crippen LogP contribution in [-0.2, 0) is 9.59 Å². The van der Waals surface area contributed by atoms with Gasteiger partial charge in [-0.1, -0.05) is 19.1 Å². The quantitative estimate of drug-likeness (QED) is 0.702. The number of benzene rings is 1. The number of hydrogen-bond acceptors (Lipinski definition) is 3. The van der Waals surface area contributed by atoms with E-state index in [1.165, 1.54) is 0 Å². The Morgan fingerprint density at radius 2 is 1.86 bits per heavy atom. The molecule has 2 fully saturated rings. The number of nitrogens with zero attached hydrogens (tertiary/aromatic N) is 1. The molecule has 7 heteroatoms. The topological polar surface area (TPSA) is 90.5 Å². The molecule has 1 saturated heterocycles. The van der Waals surface area contributed by atoms with Crippen molar-refractivity contribution in [2.75, 3.05) is 18.4 Å². The number of rotatable bonds is 6. The normalized spacial score (nSPS) is 20.2. The molecule has 0 bridgehead atoms. The van der Waals surface area contributed by atoms with E-state index in [0.717, 1.165) is 36.9 Å². The molecule has 1 aromatic carbocycles. The molecular formula is C21H30N4O3. The first-order valence-corrected chi connectivity index (χ1v) is 10.2. The van der Waals surface area contributed by atoms with Gasteiger partial charge >= 0.3 is 6.03 Å². The highest BCUT2D eigenvalue weighted by atomic mass is 16.2. The first kappa shape index (κ1) is 20.2. The summed E-state index contributed by atoms with van der Waals surface area (Å²) in [5.74, 6) is -0.0610. The van der Waals surface area contributed by atoms with E-state index in [2.05, 4.69) is 16.0 Å². The standard InChI is InChI=1S/C21H30N4O3/c1-3-19(26)23-17-8-6-15(7-9-17)14(2)22-21(28)25-12-4-5-16(13-25)20(27)24-18-10-11-18/h6-9,14,16,18H,3-5,10-13H2,1-2H3,(H,22,28)(H,23,26)(H,24,27). The number of likely N-dealkylation sites (tertiary alicyclic amines) is 1. The maximum absolute atomic E-state index is 12.7. The van der Waals surface area contributed by atoms with Crippen molar-refractivity contribution in [3.8, 4) is 0 Å². The van der Waals surface area contributed by atoms with Crippen molar-refractivity contribution in [3.05, 3.63) is 29.8 Å².